The predicted octanol–water partition coefficient (Wildman–Crippen LogP) is 2.89. The lowest BCUT2D eigenvalue weighted by Gasteiger charge is -2.06. The Bertz CT molecular complexity index is 605. The lowest BCUT2D eigenvalue weighted by atomic mass is 10.1. The third-order valence-electron chi connectivity index (χ3n) is 2.62. The van der Waals surface area contributed by atoms with Crippen LogP contribution in [-0.2, 0) is 12.6 Å². The first kappa shape index (κ1) is 14.7. The summed E-state index contributed by atoms with van der Waals surface area (Å²) in [6.07, 6.45) is -3.83. The van der Waals surface area contributed by atoms with Crippen molar-refractivity contribution in [3.63, 3.8) is 0 Å². The smallest absolute Gasteiger partial charge is 0.330 e. The number of ketones is 1. The lowest BCUT2D eigenvalue weighted by Crippen LogP contribution is -2.07. The fourth-order valence-corrected chi connectivity index (χ4v) is 2.41. The van der Waals surface area contributed by atoms with Gasteiger partial charge in [0, 0.05) is 17.4 Å². The van der Waals surface area contributed by atoms with Gasteiger partial charge < -0.3 is 5.73 Å². The third kappa shape index (κ3) is 3.23. The molecule has 0 aliphatic heterocycles. The Kier molecular flexibility index (Phi) is 4.20. The molecule has 0 fully saturated rings. The molecular weight excluding hydrogens is 289 g/mol. The number of carbonyl (C=O) groups is 1. The summed E-state index contributed by atoms with van der Waals surface area (Å²) in [7, 11) is 0. The number of carbonyl (C=O) groups excluding carboxylic acids is 1. The molecule has 0 saturated heterocycles. The molecule has 20 heavy (non-hydrogen) atoms. The first-order chi connectivity index (χ1) is 9.41. The van der Waals surface area contributed by atoms with E-state index in [0.29, 0.717) is 13.0 Å². The fraction of sp³-hybridized carbons (Fsp3) is 0.231. The van der Waals surface area contributed by atoms with Gasteiger partial charge in [-0.05, 0) is 18.7 Å². The quantitative estimate of drug-likeness (QED) is 0.883. The number of benzene rings is 1. The molecule has 1 aromatic carbocycles. The Morgan fingerprint density at radius 3 is 2.45 bits per heavy atom. The third-order valence-corrected chi connectivity index (χ3v) is 3.53. The number of aromatic nitrogens is 1. The highest BCUT2D eigenvalue weighted by Crippen LogP contribution is 2.29. The zero-order valence-electron chi connectivity index (χ0n) is 10.3. The highest BCUT2D eigenvalue weighted by Gasteiger charge is 2.30. The van der Waals surface area contributed by atoms with Gasteiger partial charge in [0.25, 0.3) is 0 Å². The topological polar surface area (TPSA) is 56.0 Å². The molecule has 0 aliphatic carbocycles. The Morgan fingerprint density at radius 1 is 1.25 bits per heavy atom. The van der Waals surface area contributed by atoms with Crippen LogP contribution in [-0.4, -0.2) is 17.3 Å². The summed E-state index contributed by atoms with van der Waals surface area (Å²) in [4.78, 5) is 16.2. The van der Waals surface area contributed by atoms with Gasteiger partial charge in [-0.3, -0.25) is 4.79 Å². The second kappa shape index (κ2) is 5.72. The maximum Gasteiger partial charge on any atom is 0.416 e. The summed E-state index contributed by atoms with van der Waals surface area (Å²) in [6, 6.07) is 4.10. The number of rotatable bonds is 4. The second-order valence-electron chi connectivity index (χ2n) is 4.07. The van der Waals surface area contributed by atoms with Gasteiger partial charge in [-0.15, -0.1) is 11.3 Å². The van der Waals surface area contributed by atoms with Gasteiger partial charge in [0.1, 0.15) is 5.69 Å². The van der Waals surface area contributed by atoms with Crippen LogP contribution in [0, 0.1) is 0 Å². The molecule has 3 nitrogen and oxygen atoms in total. The number of hydrogen-bond donors (Lipinski definition) is 1. The maximum atomic E-state index is 12.4. The van der Waals surface area contributed by atoms with Crippen LogP contribution in [0.25, 0.3) is 0 Å². The molecule has 0 atom stereocenters. The molecular formula is C13H11F3N2OS. The monoisotopic (exact) mass is 300 g/mol. The molecule has 0 aliphatic rings. The molecule has 0 radical (unpaired) electrons. The number of hydrogen-bond acceptors (Lipinski definition) is 4. The van der Waals surface area contributed by atoms with Gasteiger partial charge in [0.2, 0.25) is 5.78 Å². The van der Waals surface area contributed by atoms with Crippen LogP contribution in [0.15, 0.2) is 29.6 Å². The van der Waals surface area contributed by atoms with E-state index in [2.05, 4.69) is 4.98 Å². The van der Waals surface area contributed by atoms with E-state index in [-0.39, 0.29) is 11.3 Å². The van der Waals surface area contributed by atoms with Crippen molar-refractivity contribution in [2.45, 2.75) is 12.6 Å². The largest absolute Gasteiger partial charge is 0.416 e. The van der Waals surface area contributed by atoms with Crippen LogP contribution in [0.5, 0.6) is 0 Å². The van der Waals surface area contributed by atoms with Gasteiger partial charge in [-0.1, -0.05) is 12.1 Å². The fourth-order valence-electron chi connectivity index (χ4n) is 1.61. The van der Waals surface area contributed by atoms with E-state index in [1.807, 2.05) is 0 Å². The lowest BCUT2D eigenvalue weighted by molar-refractivity contribution is -0.137. The summed E-state index contributed by atoms with van der Waals surface area (Å²) in [5.41, 5.74) is 5.03. The zero-order valence-corrected chi connectivity index (χ0v) is 11.1. The average Bonchev–Trinajstić information content (AvgIpc) is 2.86. The van der Waals surface area contributed by atoms with E-state index in [0.717, 1.165) is 29.3 Å². The zero-order chi connectivity index (χ0) is 14.8. The minimum Gasteiger partial charge on any atom is -0.330 e. The molecule has 0 spiro atoms. The molecule has 2 N–H and O–H groups in total. The predicted molar refractivity (Wildman–Crippen MR) is 69.7 cm³/mol. The molecule has 0 unspecified atom stereocenters. The van der Waals surface area contributed by atoms with Crippen LogP contribution in [0.1, 0.15) is 26.6 Å². The molecule has 0 amide bonds. The summed E-state index contributed by atoms with van der Waals surface area (Å²) in [5, 5.41) is 2.33. The first-order valence-corrected chi connectivity index (χ1v) is 6.66. The Labute approximate surface area is 117 Å². The van der Waals surface area contributed by atoms with E-state index in [1.165, 1.54) is 11.3 Å². The highest BCUT2D eigenvalue weighted by atomic mass is 32.1. The van der Waals surface area contributed by atoms with Crippen LogP contribution < -0.4 is 5.73 Å². The van der Waals surface area contributed by atoms with Gasteiger partial charge in [-0.25, -0.2) is 4.98 Å². The highest BCUT2D eigenvalue weighted by molar-refractivity contribution is 7.09. The van der Waals surface area contributed by atoms with Crippen molar-refractivity contribution in [3.05, 3.63) is 51.5 Å². The summed E-state index contributed by atoms with van der Waals surface area (Å²) in [6.45, 7) is 0.432. The van der Waals surface area contributed by atoms with Crippen molar-refractivity contribution in [2.24, 2.45) is 5.73 Å². The maximum absolute atomic E-state index is 12.4. The van der Waals surface area contributed by atoms with Crippen molar-refractivity contribution in [2.75, 3.05) is 6.54 Å². The summed E-state index contributed by atoms with van der Waals surface area (Å²) in [5.74, 6) is -0.391. The Hall–Kier alpha value is -1.73. The van der Waals surface area contributed by atoms with E-state index in [4.69, 9.17) is 5.73 Å². The van der Waals surface area contributed by atoms with Crippen LogP contribution in [0.2, 0.25) is 0 Å². The van der Waals surface area contributed by atoms with E-state index in [9.17, 15) is 18.0 Å². The van der Waals surface area contributed by atoms with Gasteiger partial charge >= 0.3 is 6.18 Å². The van der Waals surface area contributed by atoms with Crippen molar-refractivity contribution in [3.8, 4) is 0 Å². The van der Waals surface area contributed by atoms with Gasteiger partial charge in [0.15, 0.2) is 0 Å². The van der Waals surface area contributed by atoms with E-state index >= 15 is 0 Å². The van der Waals surface area contributed by atoms with E-state index < -0.39 is 17.5 Å². The molecule has 2 rings (SSSR count). The molecule has 2 aromatic rings. The van der Waals surface area contributed by atoms with Gasteiger partial charge in [-0.2, -0.15) is 13.2 Å². The van der Waals surface area contributed by atoms with E-state index in [1.54, 1.807) is 5.38 Å². The van der Waals surface area contributed by atoms with Crippen molar-refractivity contribution in [1.29, 1.82) is 0 Å². The molecule has 0 bridgehead atoms. The van der Waals surface area contributed by atoms with Crippen LogP contribution in [0.4, 0.5) is 13.2 Å². The molecule has 106 valence electrons. The average molecular weight is 300 g/mol. The number of halogens is 3. The van der Waals surface area contributed by atoms with Crippen molar-refractivity contribution in [1.82, 2.24) is 4.98 Å². The molecule has 0 saturated carbocycles. The minimum atomic E-state index is -4.41. The second-order valence-corrected chi connectivity index (χ2v) is 5.01. The Morgan fingerprint density at radius 2 is 1.90 bits per heavy atom. The molecule has 7 heteroatoms. The molecule has 1 heterocycles. The summed E-state index contributed by atoms with van der Waals surface area (Å²) >= 11 is 1.31. The van der Waals surface area contributed by atoms with Crippen LogP contribution in [0.3, 0.4) is 0 Å². The number of alkyl halides is 3. The van der Waals surface area contributed by atoms with Crippen molar-refractivity contribution < 1.29 is 18.0 Å². The van der Waals surface area contributed by atoms with Crippen LogP contribution >= 0.6 is 11.3 Å². The summed E-state index contributed by atoms with van der Waals surface area (Å²) < 4.78 is 37.3. The number of nitrogens with zero attached hydrogens (tertiary/aromatic N) is 1. The number of thiazole rings is 1. The Balaban J connectivity index is 2.20. The standard InChI is InChI=1S/C13H11F3N2OS/c14-13(15,16)9-3-1-8(2-4-9)12(19)10-7-20-11(18-10)5-6-17/h1-4,7H,5-6,17H2. The SMILES string of the molecule is NCCc1nc(C(=O)c2ccc(C(F)(F)F)cc2)cs1. The number of nitrogens with two attached hydrogens (primary N) is 1. The normalized spacial score (nSPS) is 11.6. The first-order valence-electron chi connectivity index (χ1n) is 5.78. The minimum absolute atomic E-state index is 0.183. The van der Waals surface area contributed by atoms with Gasteiger partial charge in [0.05, 0.1) is 10.6 Å². The molecule has 1 aromatic heterocycles. The van der Waals surface area contributed by atoms with Crippen molar-refractivity contribution >= 4 is 17.1 Å².